The highest BCUT2D eigenvalue weighted by molar-refractivity contribution is 5.08. The molecule has 6 atom stereocenters. The van der Waals surface area contributed by atoms with Crippen molar-refractivity contribution in [2.45, 2.75) is 44.2 Å². The average Bonchev–Trinajstić information content (AvgIpc) is 3.21. The van der Waals surface area contributed by atoms with Gasteiger partial charge in [0, 0.05) is 12.6 Å². The van der Waals surface area contributed by atoms with Gasteiger partial charge in [0.15, 0.2) is 0 Å². The minimum atomic E-state index is 0.346. The first-order valence-corrected chi connectivity index (χ1v) is 8.67. The number of likely N-dealkylation sites (N-methyl/N-ethyl adjacent to an activating group) is 1. The van der Waals surface area contributed by atoms with Crippen LogP contribution >= 0.6 is 0 Å². The largest absolute Gasteiger partial charge is 0.468 e. The van der Waals surface area contributed by atoms with E-state index in [1.54, 1.807) is 6.26 Å². The summed E-state index contributed by atoms with van der Waals surface area (Å²) in [7, 11) is 4.28. The molecule has 3 nitrogen and oxygen atoms in total. The summed E-state index contributed by atoms with van der Waals surface area (Å²) in [5.41, 5.74) is 0. The molecule has 1 aromatic heterocycles. The van der Waals surface area contributed by atoms with Crippen LogP contribution in [0.3, 0.4) is 0 Å². The molecule has 21 heavy (non-hydrogen) atoms. The summed E-state index contributed by atoms with van der Waals surface area (Å²) in [4.78, 5) is 2.26. The van der Waals surface area contributed by atoms with Crippen molar-refractivity contribution in [1.29, 1.82) is 0 Å². The van der Waals surface area contributed by atoms with E-state index >= 15 is 0 Å². The number of hydrogen-bond donors (Lipinski definition) is 1. The Kier molecular flexibility index (Phi) is 3.58. The Morgan fingerprint density at radius 1 is 1.24 bits per heavy atom. The number of rotatable bonds is 5. The molecule has 0 aromatic carbocycles. The fraction of sp³-hybridized carbons (Fsp3) is 0.778. The summed E-state index contributed by atoms with van der Waals surface area (Å²) in [6.07, 6.45) is 9.21. The summed E-state index contributed by atoms with van der Waals surface area (Å²) < 4.78 is 5.62. The molecule has 1 N–H and O–H groups in total. The first-order valence-electron chi connectivity index (χ1n) is 8.67. The van der Waals surface area contributed by atoms with Crippen LogP contribution in [-0.2, 0) is 0 Å². The molecule has 0 spiro atoms. The zero-order valence-electron chi connectivity index (χ0n) is 13.3. The molecule has 3 heteroatoms. The van der Waals surface area contributed by atoms with Crippen LogP contribution in [0.1, 0.15) is 43.9 Å². The third-order valence-electron chi connectivity index (χ3n) is 6.50. The number of furan rings is 1. The van der Waals surface area contributed by atoms with E-state index in [1.807, 2.05) is 6.07 Å². The molecular formula is C18H28N2O. The molecule has 4 rings (SSSR count). The fourth-order valence-electron chi connectivity index (χ4n) is 5.58. The fourth-order valence-corrected chi connectivity index (χ4v) is 5.58. The zero-order valence-corrected chi connectivity index (χ0v) is 13.3. The lowest BCUT2D eigenvalue weighted by Gasteiger charge is -2.34. The predicted molar refractivity (Wildman–Crippen MR) is 84.0 cm³/mol. The minimum absolute atomic E-state index is 0.346. The van der Waals surface area contributed by atoms with Crippen molar-refractivity contribution >= 4 is 0 Å². The zero-order chi connectivity index (χ0) is 14.4. The van der Waals surface area contributed by atoms with Gasteiger partial charge in [-0.1, -0.05) is 6.42 Å². The van der Waals surface area contributed by atoms with E-state index in [1.165, 1.54) is 32.1 Å². The second kappa shape index (κ2) is 5.44. The van der Waals surface area contributed by atoms with Crippen LogP contribution < -0.4 is 5.32 Å². The maximum absolute atomic E-state index is 5.62. The number of fused-ring (bicyclic) bond motifs is 5. The van der Waals surface area contributed by atoms with E-state index in [4.69, 9.17) is 4.42 Å². The highest BCUT2D eigenvalue weighted by Crippen LogP contribution is 2.58. The van der Waals surface area contributed by atoms with Gasteiger partial charge in [-0.15, -0.1) is 0 Å². The Balaban J connectivity index is 1.39. The second-order valence-corrected chi connectivity index (χ2v) is 7.66. The van der Waals surface area contributed by atoms with E-state index < -0.39 is 0 Å². The van der Waals surface area contributed by atoms with Crippen molar-refractivity contribution in [3.8, 4) is 0 Å². The summed E-state index contributed by atoms with van der Waals surface area (Å²) in [6, 6.07) is 5.19. The van der Waals surface area contributed by atoms with Crippen LogP contribution in [0.25, 0.3) is 0 Å². The number of hydrogen-bond acceptors (Lipinski definition) is 3. The molecule has 0 aliphatic heterocycles. The van der Waals surface area contributed by atoms with E-state index in [0.29, 0.717) is 6.04 Å². The summed E-state index contributed by atoms with van der Waals surface area (Å²) in [6.45, 7) is 1.01. The molecule has 1 heterocycles. The summed E-state index contributed by atoms with van der Waals surface area (Å²) >= 11 is 0. The van der Waals surface area contributed by atoms with Crippen molar-refractivity contribution in [2.24, 2.45) is 23.7 Å². The van der Waals surface area contributed by atoms with E-state index in [9.17, 15) is 0 Å². The van der Waals surface area contributed by atoms with E-state index in [2.05, 4.69) is 30.4 Å². The molecule has 0 amide bonds. The molecule has 1 aromatic rings. The Morgan fingerprint density at radius 3 is 2.86 bits per heavy atom. The van der Waals surface area contributed by atoms with Gasteiger partial charge in [-0.25, -0.2) is 0 Å². The van der Waals surface area contributed by atoms with Crippen LogP contribution in [0.5, 0.6) is 0 Å². The van der Waals surface area contributed by atoms with E-state index in [0.717, 1.165) is 42.0 Å². The molecule has 0 saturated heterocycles. The monoisotopic (exact) mass is 288 g/mol. The molecule has 3 aliphatic rings. The lowest BCUT2D eigenvalue weighted by Crippen LogP contribution is -2.42. The lowest BCUT2D eigenvalue weighted by molar-refractivity contribution is 0.186. The molecule has 3 aliphatic carbocycles. The van der Waals surface area contributed by atoms with Gasteiger partial charge in [-0.3, -0.25) is 4.90 Å². The van der Waals surface area contributed by atoms with Crippen LogP contribution in [0.4, 0.5) is 0 Å². The third kappa shape index (κ3) is 2.35. The molecule has 3 fully saturated rings. The Morgan fingerprint density at radius 2 is 2.10 bits per heavy atom. The van der Waals surface area contributed by atoms with Gasteiger partial charge < -0.3 is 9.73 Å². The van der Waals surface area contributed by atoms with Crippen molar-refractivity contribution < 1.29 is 4.42 Å². The normalized spacial score (nSPS) is 39.1. The molecule has 3 saturated carbocycles. The Bertz CT molecular complexity index is 470. The van der Waals surface area contributed by atoms with Gasteiger partial charge in [0.1, 0.15) is 5.76 Å². The van der Waals surface area contributed by atoms with Crippen LogP contribution in [-0.4, -0.2) is 31.6 Å². The molecule has 116 valence electrons. The molecule has 0 radical (unpaired) electrons. The maximum atomic E-state index is 5.62. The van der Waals surface area contributed by atoms with Gasteiger partial charge in [-0.2, -0.15) is 0 Å². The van der Waals surface area contributed by atoms with E-state index in [-0.39, 0.29) is 0 Å². The quantitative estimate of drug-likeness (QED) is 0.901. The van der Waals surface area contributed by atoms with Gasteiger partial charge in [0.05, 0.1) is 12.3 Å². The Labute approximate surface area is 128 Å². The SMILES string of the molecule is CN(C)[C@H](CN[C@@H]1C[C@H]2C[C@H]1[C@@H]1CCC[C@@H]21)c1ccco1. The Hall–Kier alpha value is -0.800. The van der Waals surface area contributed by atoms with Crippen LogP contribution in [0.15, 0.2) is 22.8 Å². The molecular weight excluding hydrogens is 260 g/mol. The summed E-state index contributed by atoms with van der Waals surface area (Å²) in [5, 5.41) is 3.89. The van der Waals surface area contributed by atoms with Crippen molar-refractivity contribution in [1.82, 2.24) is 10.2 Å². The summed E-state index contributed by atoms with van der Waals surface area (Å²) in [5.74, 6) is 5.20. The first-order chi connectivity index (χ1) is 10.2. The lowest BCUT2D eigenvalue weighted by atomic mass is 9.79. The van der Waals surface area contributed by atoms with Crippen LogP contribution in [0.2, 0.25) is 0 Å². The topological polar surface area (TPSA) is 28.4 Å². The minimum Gasteiger partial charge on any atom is -0.468 e. The number of nitrogens with one attached hydrogen (secondary N) is 1. The van der Waals surface area contributed by atoms with Crippen LogP contribution in [0, 0.1) is 23.7 Å². The third-order valence-corrected chi connectivity index (χ3v) is 6.50. The second-order valence-electron chi connectivity index (χ2n) is 7.66. The predicted octanol–water partition coefficient (Wildman–Crippen LogP) is 3.30. The van der Waals surface area contributed by atoms with Gasteiger partial charge in [-0.05, 0) is 75.6 Å². The first kappa shape index (κ1) is 13.8. The number of nitrogens with zero attached hydrogens (tertiary/aromatic N) is 1. The molecule has 0 unspecified atom stereocenters. The van der Waals surface area contributed by atoms with Crippen molar-refractivity contribution in [2.75, 3.05) is 20.6 Å². The van der Waals surface area contributed by atoms with Gasteiger partial charge in [0.25, 0.3) is 0 Å². The van der Waals surface area contributed by atoms with Gasteiger partial charge in [0.2, 0.25) is 0 Å². The molecule has 2 bridgehead atoms. The highest BCUT2D eigenvalue weighted by atomic mass is 16.3. The van der Waals surface area contributed by atoms with Crippen molar-refractivity contribution in [3.63, 3.8) is 0 Å². The standard InChI is InChI=1S/C18H28N2O/c1-20(2)17(18-7-4-8-21-18)11-19-16-10-12-9-15(16)14-6-3-5-13(12)14/h4,7-8,12-17,19H,3,5-6,9-11H2,1-2H3/t12-,13+,14-,15+,16-,17-/m1/s1. The maximum Gasteiger partial charge on any atom is 0.122 e. The highest BCUT2D eigenvalue weighted by Gasteiger charge is 2.53. The van der Waals surface area contributed by atoms with Gasteiger partial charge >= 0.3 is 0 Å². The smallest absolute Gasteiger partial charge is 0.122 e. The average molecular weight is 288 g/mol. The van der Waals surface area contributed by atoms with Crippen molar-refractivity contribution in [3.05, 3.63) is 24.2 Å².